The molecule has 0 heterocycles. The lowest BCUT2D eigenvalue weighted by Crippen LogP contribution is -2.74. The van der Waals surface area contributed by atoms with E-state index < -0.39 is 82.2 Å². The Kier molecular flexibility index (Phi) is 7.22. The highest BCUT2D eigenvalue weighted by atomic mass is 19.4. The van der Waals surface area contributed by atoms with Crippen LogP contribution in [0.4, 0.5) is 13.2 Å². The van der Waals surface area contributed by atoms with Crippen LogP contribution in [0.1, 0.15) is 27.9 Å². The third-order valence-corrected chi connectivity index (χ3v) is 8.76. The molecule has 2 saturated carbocycles. The molecule has 0 aliphatic heterocycles. The van der Waals surface area contributed by atoms with E-state index in [1.54, 1.807) is 0 Å². The van der Waals surface area contributed by atoms with Crippen LogP contribution in [0.15, 0.2) is 30.3 Å². The van der Waals surface area contributed by atoms with Crippen molar-refractivity contribution in [3.05, 3.63) is 47.0 Å². The summed E-state index contributed by atoms with van der Waals surface area (Å²) in [6, 6.07) is 5.07. The smallest absolute Gasteiger partial charge is 0.507 e. The van der Waals surface area contributed by atoms with Gasteiger partial charge in [-0.05, 0) is 67.7 Å². The zero-order chi connectivity index (χ0) is 31.8. The molecule has 14 heteroatoms. The fourth-order valence-electron chi connectivity index (χ4n) is 6.98. The third-order valence-electron chi connectivity index (χ3n) is 8.76. The lowest BCUT2D eigenvalue weighted by molar-refractivity contribution is -0.274. The molecular formula is C29H28F3N3O8. The number of fused-ring (bicyclic) bond motifs is 3. The highest BCUT2D eigenvalue weighted by molar-refractivity contribution is 6.32. The van der Waals surface area contributed by atoms with Crippen LogP contribution in [-0.4, -0.2) is 76.3 Å². The van der Waals surface area contributed by atoms with Crippen LogP contribution < -0.4 is 16.2 Å². The first-order chi connectivity index (χ1) is 20.0. The van der Waals surface area contributed by atoms with Crippen molar-refractivity contribution in [2.75, 3.05) is 14.1 Å². The van der Waals surface area contributed by atoms with Crippen LogP contribution in [0, 0.1) is 23.7 Å². The molecule has 2 aromatic carbocycles. The monoisotopic (exact) mass is 603 g/mol. The second kappa shape index (κ2) is 10.2. The number of benzene rings is 2. The highest BCUT2D eigenvalue weighted by Gasteiger charge is 2.69. The van der Waals surface area contributed by atoms with E-state index in [0.717, 1.165) is 12.1 Å². The van der Waals surface area contributed by atoms with Gasteiger partial charge in [0, 0.05) is 18.0 Å². The zero-order valence-electron chi connectivity index (χ0n) is 23.0. The van der Waals surface area contributed by atoms with E-state index in [9.17, 15) is 47.4 Å². The molecular weight excluding hydrogens is 575 g/mol. The summed E-state index contributed by atoms with van der Waals surface area (Å²) < 4.78 is 42.0. The minimum absolute atomic E-state index is 0.0274. The molecule has 0 spiro atoms. The van der Waals surface area contributed by atoms with Crippen LogP contribution >= 0.6 is 0 Å². The van der Waals surface area contributed by atoms with Gasteiger partial charge in [0.25, 0.3) is 0 Å². The number of likely N-dealkylation sites (N-methyl/N-ethyl adjacent to an activating group) is 1. The molecule has 3 aliphatic carbocycles. The minimum atomic E-state index is -4.91. The van der Waals surface area contributed by atoms with E-state index in [2.05, 4.69) is 4.74 Å². The van der Waals surface area contributed by atoms with Crippen molar-refractivity contribution in [1.29, 1.82) is 0 Å². The summed E-state index contributed by atoms with van der Waals surface area (Å²) in [6.07, 6.45) is -5.09. The Morgan fingerprint density at radius 3 is 2.28 bits per heavy atom. The number of hydrogen-bond acceptors (Lipinski definition) is 10. The van der Waals surface area contributed by atoms with Crippen LogP contribution in [0.3, 0.4) is 0 Å². The molecule has 2 fully saturated rings. The minimum Gasteiger partial charge on any atom is -0.507 e. The molecule has 6 atom stereocenters. The number of ether oxygens (including phenoxy) is 1. The van der Waals surface area contributed by atoms with Crippen molar-refractivity contribution in [2.45, 2.75) is 37.4 Å². The number of Topliss-reactive ketones (excluding diaryl/α,β-unsaturated/α-hetero) is 4. The molecule has 0 bridgehead atoms. The molecule has 3 aliphatic rings. The number of alkyl halides is 3. The van der Waals surface area contributed by atoms with Crippen molar-refractivity contribution < 1.29 is 52.1 Å². The standard InChI is InChI=1S/C29H28F3N3O8/c1-35(2)21-17-9-12-7-16-15(11-3-5-14(6-4-11)43-29(30,31)32)8-13(10-33)22(36)19(16)23(37)18(12)25(39)28(17,42)26(40)20(24(21)38)27(34)41/h3-6,8,12,17-18,20-21,36,42H,7,9-10,33H2,1-2H3,(H2,34,41)/t12-,17-,18?,20?,21-,28-/m0/s1. The van der Waals surface area contributed by atoms with Gasteiger partial charge >= 0.3 is 6.36 Å². The largest absolute Gasteiger partial charge is 0.573 e. The Labute approximate surface area is 242 Å². The predicted molar refractivity (Wildman–Crippen MR) is 141 cm³/mol. The number of amides is 1. The van der Waals surface area contributed by atoms with Gasteiger partial charge in [0.1, 0.15) is 11.5 Å². The van der Waals surface area contributed by atoms with Crippen molar-refractivity contribution in [2.24, 2.45) is 35.1 Å². The quantitative estimate of drug-likeness (QED) is 0.357. The van der Waals surface area contributed by atoms with Gasteiger partial charge in [-0.15, -0.1) is 13.2 Å². The Morgan fingerprint density at radius 1 is 1.12 bits per heavy atom. The number of aliphatic hydroxyl groups is 1. The number of ketones is 4. The lowest BCUT2D eigenvalue weighted by Gasteiger charge is -2.52. The van der Waals surface area contributed by atoms with Gasteiger partial charge in [0.05, 0.1) is 17.5 Å². The van der Waals surface area contributed by atoms with E-state index in [0.29, 0.717) is 11.1 Å². The predicted octanol–water partition coefficient (Wildman–Crippen LogP) is 0.891. The summed E-state index contributed by atoms with van der Waals surface area (Å²) in [4.78, 5) is 68.1. The second-order valence-electron chi connectivity index (χ2n) is 11.4. The number of nitrogens with zero attached hydrogens (tertiary/aromatic N) is 1. The average molecular weight is 604 g/mol. The Morgan fingerprint density at radius 2 is 1.74 bits per heavy atom. The maximum atomic E-state index is 14.0. The van der Waals surface area contributed by atoms with E-state index in [-0.39, 0.29) is 36.1 Å². The van der Waals surface area contributed by atoms with Crippen molar-refractivity contribution in [3.63, 3.8) is 0 Å². The molecule has 2 aromatic rings. The first-order valence-corrected chi connectivity index (χ1v) is 13.3. The number of rotatable bonds is 5. The van der Waals surface area contributed by atoms with Gasteiger partial charge < -0.3 is 26.4 Å². The first-order valence-electron chi connectivity index (χ1n) is 13.3. The molecule has 6 N–H and O–H groups in total. The molecule has 2 unspecified atom stereocenters. The number of phenolic OH excluding ortho intramolecular Hbond substituents is 1. The zero-order valence-corrected chi connectivity index (χ0v) is 23.0. The number of phenols is 1. The summed E-state index contributed by atoms with van der Waals surface area (Å²) in [5.41, 5.74) is 9.12. The summed E-state index contributed by atoms with van der Waals surface area (Å²) >= 11 is 0. The summed E-state index contributed by atoms with van der Waals surface area (Å²) in [5.74, 6) is -12.5. The molecule has 1 amide bonds. The maximum Gasteiger partial charge on any atom is 0.573 e. The number of hydrogen-bond donors (Lipinski definition) is 4. The van der Waals surface area contributed by atoms with E-state index in [4.69, 9.17) is 11.5 Å². The van der Waals surface area contributed by atoms with Crippen LogP contribution in [0.25, 0.3) is 11.1 Å². The van der Waals surface area contributed by atoms with Gasteiger partial charge in [0.2, 0.25) is 5.91 Å². The van der Waals surface area contributed by atoms with Gasteiger partial charge in [-0.2, -0.15) is 0 Å². The van der Waals surface area contributed by atoms with Crippen LogP contribution in [0.5, 0.6) is 11.5 Å². The fraction of sp³-hybridized carbons (Fsp3) is 0.414. The van der Waals surface area contributed by atoms with Gasteiger partial charge in [-0.25, -0.2) is 0 Å². The van der Waals surface area contributed by atoms with Gasteiger partial charge in [-0.3, -0.25) is 28.9 Å². The average Bonchev–Trinajstić information content (AvgIpc) is 2.90. The lowest BCUT2D eigenvalue weighted by atomic mass is 9.52. The number of carbonyl (C=O) groups excluding carboxylic acids is 5. The highest BCUT2D eigenvalue weighted by Crippen LogP contribution is 2.52. The van der Waals surface area contributed by atoms with Crippen molar-refractivity contribution in [3.8, 4) is 22.6 Å². The number of aromatic hydroxyl groups is 1. The second-order valence-corrected chi connectivity index (χ2v) is 11.4. The topological polar surface area (TPSA) is 190 Å². The first kappa shape index (κ1) is 30.3. The molecule has 228 valence electrons. The molecule has 11 nitrogen and oxygen atoms in total. The Hall–Kier alpha value is -4.14. The van der Waals surface area contributed by atoms with Crippen molar-refractivity contribution in [1.82, 2.24) is 4.90 Å². The normalized spacial score (nSPS) is 28.8. The Balaban J connectivity index is 1.64. The third kappa shape index (κ3) is 4.60. The summed E-state index contributed by atoms with van der Waals surface area (Å²) in [7, 11) is 2.96. The van der Waals surface area contributed by atoms with Gasteiger partial charge in [-0.1, -0.05) is 12.1 Å². The molecule has 0 radical (unpaired) electrons. The maximum absolute atomic E-state index is 14.0. The fourth-order valence-corrected chi connectivity index (χ4v) is 6.98. The molecule has 43 heavy (non-hydrogen) atoms. The van der Waals surface area contributed by atoms with E-state index >= 15 is 0 Å². The number of carbonyl (C=O) groups is 5. The number of nitrogens with two attached hydrogens (primary N) is 2. The molecule has 0 aromatic heterocycles. The SMILES string of the molecule is CN(C)[C@@H]1C(=O)C(C(N)=O)C(=O)[C@@]2(O)C(=O)C3C(=O)c4c(O)c(CN)cc(-c5ccc(OC(F)(F)F)cc5)c4C[C@H]3C[C@@H]12. The van der Waals surface area contributed by atoms with Crippen LogP contribution in [-0.2, 0) is 32.1 Å². The summed E-state index contributed by atoms with van der Waals surface area (Å²) in [5, 5.41) is 22.7. The van der Waals surface area contributed by atoms with Crippen LogP contribution in [0.2, 0.25) is 0 Å². The number of primary amides is 1. The van der Waals surface area contributed by atoms with Crippen molar-refractivity contribution >= 4 is 29.0 Å². The summed E-state index contributed by atoms with van der Waals surface area (Å²) in [6.45, 7) is -0.242. The van der Waals surface area contributed by atoms with E-state index in [1.807, 2.05) is 0 Å². The van der Waals surface area contributed by atoms with E-state index in [1.165, 1.54) is 37.2 Å². The van der Waals surface area contributed by atoms with Gasteiger partial charge in [0.15, 0.2) is 34.7 Å². The Bertz CT molecular complexity index is 1570. The number of halogens is 3. The molecule has 5 rings (SSSR count). The molecule has 0 saturated heterocycles.